The molecular weight excluding hydrogens is 247 g/mol. The lowest BCUT2D eigenvalue weighted by Crippen LogP contribution is -2.30. The van der Waals surface area contributed by atoms with Crippen molar-refractivity contribution < 1.29 is 13.9 Å². The Morgan fingerprint density at radius 2 is 2.21 bits per heavy atom. The minimum absolute atomic E-state index is 0.162. The van der Waals surface area contributed by atoms with E-state index in [9.17, 15) is 9.18 Å². The number of carbonyl (C=O) groups excluding carboxylic acids is 1. The maximum atomic E-state index is 13.5. The van der Waals surface area contributed by atoms with E-state index in [2.05, 4.69) is 13.8 Å². The molecule has 0 aliphatic heterocycles. The molecule has 0 aliphatic rings. The second-order valence-corrected chi connectivity index (χ2v) is 4.87. The molecule has 19 heavy (non-hydrogen) atoms. The number of amides is 1. The lowest BCUT2D eigenvalue weighted by molar-refractivity contribution is 0.0952. The summed E-state index contributed by atoms with van der Waals surface area (Å²) in [6.45, 7) is 5.05. The Morgan fingerprint density at radius 3 is 2.84 bits per heavy atom. The number of nitrogens with two attached hydrogens (primary N) is 1. The van der Waals surface area contributed by atoms with Gasteiger partial charge in [-0.1, -0.05) is 13.8 Å². The summed E-state index contributed by atoms with van der Waals surface area (Å²) in [5.41, 5.74) is 2.70. The summed E-state index contributed by atoms with van der Waals surface area (Å²) in [7, 11) is 0. The van der Waals surface area contributed by atoms with Crippen LogP contribution in [-0.4, -0.2) is 12.5 Å². The lowest BCUT2D eigenvalue weighted by Gasteiger charge is -2.08. The molecule has 0 fully saturated rings. The first-order valence-corrected chi connectivity index (χ1v) is 6.41. The average Bonchev–Trinajstić information content (AvgIpc) is 2.39. The van der Waals surface area contributed by atoms with Gasteiger partial charge in [0.2, 0.25) is 0 Å². The normalized spacial score (nSPS) is 10.8. The monoisotopic (exact) mass is 268 g/mol. The number of benzene rings is 1. The first-order valence-electron chi connectivity index (χ1n) is 6.41. The number of hydrogen-bond acceptors (Lipinski definition) is 3. The molecule has 0 unspecified atom stereocenters. The van der Waals surface area contributed by atoms with Gasteiger partial charge in [-0.2, -0.15) is 0 Å². The highest BCUT2D eigenvalue weighted by molar-refractivity contribution is 5.93. The van der Waals surface area contributed by atoms with Crippen molar-refractivity contribution >= 4 is 5.91 Å². The Kier molecular flexibility index (Phi) is 6.45. The van der Waals surface area contributed by atoms with Crippen LogP contribution in [0.5, 0.6) is 0 Å². The second-order valence-electron chi connectivity index (χ2n) is 4.87. The summed E-state index contributed by atoms with van der Waals surface area (Å²) in [4.78, 5) is 11.3. The molecule has 0 saturated carbocycles. The van der Waals surface area contributed by atoms with Crippen LogP contribution in [0, 0.1) is 11.7 Å². The molecule has 5 heteroatoms. The lowest BCUT2D eigenvalue weighted by atomic mass is 10.1. The third-order valence-electron chi connectivity index (χ3n) is 2.77. The molecule has 1 rings (SSSR count). The molecule has 3 N–H and O–H groups in total. The van der Waals surface area contributed by atoms with E-state index in [0.29, 0.717) is 23.7 Å². The molecule has 0 heterocycles. The van der Waals surface area contributed by atoms with E-state index in [-0.39, 0.29) is 12.4 Å². The fraction of sp³-hybridized carbons (Fsp3) is 0.500. The predicted octanol–water partition coefficient (Wildman–Crippen LogP) is 2.38. The topological polar surface area (TPSA) is 64.3 Å². The molecule has 0 bridgehead atoms. The quantitative estimate of drug-likeness (QED) is 0.345. The van der Waals surface area contributed by atoms with E-state index in [1.165, 1.54) is 18.2 Å². The van der Waals surface area contributed by atoms with E-state index in [1.54, 1.807) is 0 Å². The van der Waals surface area contributed by atoms with Crippen LogP contribution in [0.15, 0.2) is 18.2 Å². The molecule has 1 aromatic rings. The van der Waals surface area contributed by atoms with Crippen LogP contribution in [0.3, 0.4) is 0 Å². The Bertz CT molecular complexity index is 422. The highest BCUT2D eigenvalue weighted by Gasteiger charge is 2.08. The number of ether oxygens (including phenoxy) is 1. The molecule has 1 amide bonds. The summed E-state index contributed by atoms with van der Waals surface area (Å²) in [5.74, 6) is 4.85. The second kappa shape index (κ2) is 7.86. The van der Waals surface area contributed by atoms with Gasteiger partial charge in [-0.25, -0.2) is 10.2 Å². The van der Waals surface area contributed by atoms with Gasteiger partial charge in [-0.15, -0.1) is 0 Å². The van der Waals surface area contributed by atoms with Gasteiger partial charge in [-0.3, -0.25) is 10.2 Å². The SMILES string of the molecule is CC(C)CCCOCc1cc(C(=O)NN)ccc1F. The summed E-state index contributed by atoms with van der Waals surface area (Å²) < 4.78 is 18.9. The van der Waals surface area contributed by atoms with Crippen molar-refractivity contribution in [3.63, 3.8) is 0 Å². The van der Waals surface area contributed by atoms with Crippen LogP contribution in [0.2, 0.25) is 0 Å². The predicted molar refractivity (Wildman–Crippen MR) is 71.8 cm³/mol. The Balaban J connectivity index is 2.50. The van der Waals surface area contributed by atoms with Gasteiger partial charge in [-0.05, 0) is 37.0 Å². The van der Waals surface area contributed by atoms with Crippen molar-refractivity contribution in [2.75, 3.05) is 6.61 Å². The van der Waals surface area contributed by atoms with Crippen molar-refractivity contribution in [3.05, 3.63) is 35.1 Å². The van der Waals surface area contributed by atoms with Crippen molar-refractivity contribution in [3.8, 4) is 0 Å². The van der Waals surface area contributed by atoms with Crippen LogP contribution < -0.4 is 11.3 Å². The Labute approximate surface area is 113 Å². The zero-order chi connectivity index (χ0) is 14.3. The molecule has 0 spiro atoms. The summed E-state index contributed by atoms with van der Waals surface area (Å²) in [6, 6.07) is 4.09. The molecular formula is C14H21FN2O2. The number of hydrazine groups is 1. The van der Waals surface area contributed by atoms with Gasteiger partial charge < -0.3 is 4.74 Å². The minimum atomic E-state index is -0.443. The van der Waals surface area contributed by atoms with Crippen LogP contribution >= 0.6 is 0 Å². The van der Waals surface area contributed by atoms with E-state index >= 15 is 0 Å². The van der Waals surface area contributed by atoms with Gasteiger partial charge in [0.15, 0.2) is 0 Å². The van der Waals surface area contributed by atoms with E-state index < -0.39 is 5.91 Å². The van der Waals surface area contributed by atoms with Gasteiger partial charge in [0.1, 0.15) is 5.82 Å². The third-order valence-corrected chi connectivity index (χ3v) is 2.77. The fourth-order valence-electron chi connectivity index (χ4n) is 1.69. The van der Waals surface area contributed by atoms with Crippen LogP contribution in [0.25, 0.3) is 0 Å². The maximum absolute atomic E-state index is 13.5. The van der Waals surface area contributed by atoms with Crippen LogP contribution in [-0.2, 0) is 11.3 Å². The van der Waals surface area contributed by atoms with Gasteiger partial charge in [0.05, 0.1) is 6.61 Å². The number of nitrogens with one attached hydrogen (secondary N) is 1. The Morgan fingerprint density at radius 1 is 1.47 bits per heavy atom. The van der Waals surface area contributed by atoms with Crippen molar-refractivity contribution in [1.82, 2.24) is 5.43 Å². The van der Waals surface area contributed by atoms with Gasteiger partial charge in [0, 0.05) is 17.7 Å². The fourth-order valence-corrected chi connectivity index (χ4v) is 1.69. The van der Waals surface area contributed by atoms with Crippen molar-refractivity contribution in [2.45, 2.75) is 33.3 Å². The van der Waals surface area contributed by atoms with E-state index in [1.807, 2.05) is 5.43 Å². The highest BCUT2D eigenvalue weighted by atomic mass is 19.1. The summed E-state index contributed by atoms with van der Waals surface area (Å²) in [6.07, 6.45) is 2.03. The summed E-state index contributed by atoms with van der Waals surface area (Å²) in [5, 5.41) is 0. The van der Waals surface area contributed by atoms with Crippen LogP contribution in [0.1, 0.15) is 42.6 Å². The smallest absolute Gasteiger partial charge is 0.265 e. The first kappa shape index (κ1) is 15.6. The van der Waals surface area contributed by atoms with E-state index in [4.69, 9.17) is 10.6 Å². The molecule has 0 radical (unpaired) electrons. The molecule has 0 aliphatic carbocycles. The largest absolute Gasteiger partial charge is 0.377 e. The molecule has 1 aromatic carbocycles. The van der Waals surface area contributed by atoms with Crippen molar-refractivity contribution in [2.24, 2.45) is 11.8 Å². The number of hydrogen-bond donors (Lipinski definition) is 2. The average molecular weight is 268 g/mol. The maximum Gasteiger partial charge on any atom is 0.265 e. The summed E-state index contributed by atoms with van der Waals surface area (Å²) >= 11 is 0. The number of nitrogen functional groups attached to an aromatic ring is 1. The molecule has 106 valence electrons. The molecule has 0 aromatic heterocycles. The third kappa shape index (κ3) is 5.36. The van der Waals surface area contributed by atoms with Gasteiger partial charge in [0.25, 0.3) is 5.91 Å². The van der Waals surface area contributed by atoms with Crippen LogP contribution in [0.4, 0.5) is 4.39 Å². The number of halogens is 1. The van der Waals surface area contributed by atoms with Gasteiger partial charge >= 0.3 is 0 Å². The molecule has 0 saturated heterocycles. The number of carbonyl (C=O) groups is 1. The van der Waals surface area contributed by atoms with Crippen molar-refractivity contribution in [1.29, 1.82) is 0 Å². The standard InChI is InChI=1S/C14H21FN2O2/c1-10(2)4-3-7-19-9-12-8-11(14(18)17-16)5-6-13(12)15/h5-6,8,10H,3-4,7,9,16H2,1-2H3,(H,17,18). The zero-order valence-corrected chi connectivity index (χ0v) is 11.4. The minimum Gasteiger partial charge on any atom is -0.377 e. The van der Waals surface area contributed by atoms with E-state index in [0.717, 1.165) is 12.8 Å². The molecule has 4 nitrogen and oxygen atoms in total. The number of rotatable bonds is 7. The highest BCUT2D eigenvalue weighted by Crippen LogP contribution is 2.12. The molecule has 0 atom stereocenters. The Hall–Kier alpha value is -1.46. The first-order chi connectivity index (χ1) is 9.04. The zero-order valence-electron chi connectivity index (χ0n) is 11.4.